The van der Waals surface area contributed by atoms with E-state index in [0.717, 1.165) is 6.07 Å². The normalized spacial score (nSPS) is 26.4. The first-order chi connectivity index (χ1) is 18.7. The monoisotopic (exact) mass is 551 g/mol. The van der Waals surface area contributed by atoms with Gasteiger partial charge in [-0.15, -0.1) is 10.2 Å². The van der Waals surface area contributed by atoms with Gasteiger partial charge in [-0.1, -0.05) is 10.4 Å². The van der Waals surface area contributed by atoms with Gasteiger partial charge in [0.25, 0.3) is 6.43 Å². The van der Waals surface area contributed by atoms with Gasteiger partial charge in [-0.05, 0) is 31.4 Å². The van der Waals surface area contributed by atoms with Gasteiger partial charge in [0.2, 0.25) is 0 Å². The zero-order valence-electron chi connectivity index (χ0n) is 20.7. The highest BCUT2D eigenvalue weighted by molar-refractivity contribution is 5.60. The average Bonchev–Trinajstić information content (AvgIpc) is 3.55. The van der Waals surface area contributed by atoms with Crippen LogP contribution in [0.15, 0.2) is 24.5 Å². The van der Waals surface area contributed by atoms with Crippen molar-refractivity contribution < 1.29 is 37.2 Å². The van der Waals surface area contributed by atoms with Crippen molar-refractivity contribution in [1.29, 1.82) is 5.26 Å². The Morgan fingerprint density at radius 2 is 1.95 bits per heavy atom. The Kier molecular flexibility index (Phi) is 7.38. The van der Waals surface area contributed by atoms with Crippen LogP contribution in [-0.4, -0.2) is 84.8 Å². The predicted molar refractivity (Wildman–Crippen MR) is 123 cm³/mol. The first-order valence-electron chi connectivity index (χ1n) is 12.2. The van der Waals surface area contributed by atoms with E-state index in [1.165, 1.54) is 34.9 Å². The molecule has 1 aliphatic heterocycles. The largest absolute Gasteiger partial charge is 0.394 e. The second-order valence-electron chi connectivity index (χ2n) is 9.68. The molecule has 1 aromatic carbocycles. The second-order valence-corrected chi connectivity index (χ2v) is 9.68. The molecule has 39 heavy (non-hydrogen) atoms. The molecule has 11 nitrogen and oxygen atoms in total. The molecule has 0 unspecified atom stereocenters. The molecule has 5 atom stereocenters. The van der Waals surface area contributed by atoms with Crippen molar-refractivity contribution in [2.24, 2.45) is 0 Å². The van der Waals surface area contributed by atoms with Gasteiger partial charge >= 0.3 is 0 Å². The van der Waals surface area contributed by atoms with Gasteiger partial charge in [0.15, 0.2) is 11.6 Å². The van der Waals surface area contributed by atoms with Crippen LogP contribution in [-0.2, 0) is 21.4 Å². The fourth-order valence-electron chi connectivity index (χ4n) is 5.21. The van der Waals surface area contributed by atoms with E-state index in [-0.39, 0.29) is 30.5 Å². The maximum absolute atomic E-state index is 14.6. The molecule has 1 aliphatic carbocycles. The number of nitriles is 1. The Morgan fingerprint density at radius 1 is 1.18 bits per heavy atom. The highest BCUT2D eigenvalue weighted by Crippen LogP contribution is 2.43. The highest BCUT2D eigenvalue weighted by Gasteiger charge is 2.50. The summed E-state index contributed by atoms with van der Waals surface area (Å²) in [6, 6.07) is 2.87. The SMILES string of the molecule is CO[C@@H]1[C@@H](n2cc(-c3ccc(C#N)c(F)c3F)nn2)[C@@H](O)[C@@H](CO)O[C@@H]1Cc1cn(C2(C(F)F)CCC2)nn1. The van der Waals surface area contributed by atoms with Crippen LogP contribution in [0.5, 0.6) is 0 Å². The zero-order valence-corrected chi connectivity index (χ0v) is 20.7. The van der Waals surface area contributed by atoms with Crippen molar-refractivity contribution >= 4 is 0 Å². The maximum Gasteiger partial charge on any atom is 0.263 e. The molecular weight excluding hydrogens is 526 g/mol. The lowest BCUT2D eigenvalue weighted by atomic mass is 9.77. The minimum atomic E-state index is -2.60. The minimum absolute atomic E-state index is 0.0502. The van der Waals surface area contributed by atoms with Crippen LogP contribution in [0.25, 0.3) is 11.3 Å². The molecule has 208 valence electrons. The van der Waals surface area contributed by atoms with Gasteiger partial charge in [-0.3, -0.25) is 0 Å². The number of rotatable bonds is 8. The van der Waals surface area contributed by atoms with Crippen LogP contribution in [0.1, 0.15) is 36.6 Å². The van der Waals surface area contributed by atoms with E-state index >= 15 is 0 Å². The van der Waals surface area contributed by atoms with Crippen molar-refractivity contribution in [3.8, 4) is 17.3 Å². The van der Waals surface area contributed by atoms with Gasteiger partial charge in [0.05, 0.1) is 30.2 Å². The number of alkyl halides is 2. The Labute approximate surface area is 219 Å². The van der Waals surface area contributed by atoms with Crippen molar-refractivity contribution in [1.82, 2.24) is 30.0 Å². The zero-order chi connectivity index (χ0) is 27.9. The molecule has 1 saturated carbocycles. The predicted octanol–water partition coefficient (Wildman–Crippen LogP) is 1.75. The average molecular weight is 552 g/mol. The number of ether oxygens (including phenoxy) is 2. The molecular formula is C24H25F4N7O4. The van der Waals surface area contributed by atoms with Crippen LogP contribution >= 0.6 is 0 Å². The molecule has 2 aromatic heterocycles. The summed E-state index contributed by atoms with van der Waals surface area (Å²) in [7, 11) is 1.37. The number of methoxy groups -OCH3 is 1. The van der Waals surface area contributed by atoms with Crippen LogP contribution in [0.4, 0.5) is 17.6 Å². The van der Waals surface area contributed by atoms with Gasteiger partial charge < -0.3 is 19.7 Å². The third-order valence-corrected chi connectivity index (χ3v) is 7.56. The number of aromatic nitrogens is 6. The molecule has 0 spiro atoms. The standard InChI is InChI=1S/C24H25F4N7O4/c1-38-22-16(7-13-9-35(33-30-13)24(23(27)28)5-2-6-24)39-17(11-36)21(37)20(22)34-10-15(31-32-34)14-4-3-12(8-29)18(25)19(14)26/h3-4,9-10,16-17,20-23,36-37H,2,5-7,11H2,1H3/t16-,17-,20+,21+,22+/m1/s1. The van der Waals surface area contributed by atoms with Gasteiger partial charge in [-0.25, -0.2) is 26.9 Å². The van der Waals surface area contributed by atoms with E-state index in [4.69, 9.17) is 14.7 Å². The molecule has 1 saturated heterocycles. The summed E-state index contributed by atoms with van der Waals surface area (Å²) in [4.78, 5) is 0. The molecule has 0 bridgehead atoms. The first-order valence-corrected chi connectivity index (χ1v) is 12.2. The Balaban J connectivity index is 1.43. The summed E-state index contributed by atoms with van der Waals surface area (Å²) in [5.74, 6) is -2.60. The van der Waals surface area contributed by atoms with E-state index in [9.17, 15) is 27.8 Å². The van der Waals surface area contributed by atoms with Crippen molar-refractivity contribution in [3.63, 3.8) is 0 Å². The van der Waals surface area contributed by atoms with Crippen LogP contribution in [0.3, 0.4) is 0 Å². The fourth-order valence-corrected chi connectivity index (χ4v) is 5.21. The topological polar surface area (TPSA) is 144 Å². The summed E-state index contributed by atoms with van der Waals surface area (Å²) in [6.45, 7) is -0.567. The molecule has 0 amide bonds. The van der Waals surface area contributed by atoms with Crippen molar-refractivity contribution in [3.05, 3.63) is 47.4 Å². The summed E-state index contributed by atoms with van der Waals surface area (Å²) in [5, 5.41) is 45.6. The maximum atomic E-state index is 14.6. The number of benzene rings is 1. The van der Waals surface area contributed by atoms with Gasteiger partial charge in [-0.2, -0.15) is 5.26 Å². The van der Waals surface area contributed by atoms with E-state index < -0.39 is 66.2 Å². The van der Waals surface area contributed by atoms with E-state index in [0.29, 0.717) is 12.1 Å². The molecule has 2 fully saturated rings. The number of aliphatic hydroxyl groups is 2. The molecule has 2 aliphatic rings. The van der Waals surface area contributed by atoms with Crippen LogP contribution in [0, 0.1) is 23.0 Å². The lowest BCUT2D eigenvalue weighted by Gasteiger charge is -2.43. The van der Waals surface area contributed by atoms with Crippen LogP contribution in [0.2, 0.25) is 0 Å². The first kappa shape index (κ1) is 27.1. The smallest absolute Gasteiger partial charge is 0.263 e. The lowest BCUT2D eigenvalue weighted by Crippen LogP contribution is -2.57. The summed E-state index contributed by atoms with van der Waals surface area (Å²) in [5.41, 5.74) is -1.82. The van der Waals surface area contributed by atoms with E-state index in [1.807, 2.05) is 0 Å². The number of hydrogen-bond acceptors (Lipinski definition) is 9. The highest BCUT2D eigenvalue weighted by atomic mass is 19.3. The van der Waals surface area contributed by atoms with E-state index in [1.54, 1.807) is 6.07 Å². The third-order valence-electron chi connectivity index (χ3n) is 7.56. The molecule has 3 aromatic rings. The minimum Gasteiger partial charge on any atom is -0.394 e. The van der Waals surface area contributed by atoms with Crippen LogP contribution < -0.4 is 0 Å². The number of hydrogen-bond donors (Lipinski definition) is 2. The van der Waals surface area contributed by atoms with Crippen molar-refractivity contribution in [2.75, 3.05) is 13.7 Å². The molecule has 3 heterocycles. The number of nitrogens with zero attached hydrogens (tertiary/aromatic N) is 7. The Hall–Kier alpha value is -3.45. The molecule has 0 radical (unpaired) electrons. The molecule has 15 heteroatoms. The molecule has 2 N–H and O–H groups in total. The molecule has 5 rings (SSSR count). The van der Waals surface area contributed by atoms with Gasteiger partial charge in [0.1, 0.15) is 41.7 Å². The van der Waals surface area contributed by atoms with Crippen molar-refractivity contribution in [2.45, 2.75) is 68.1 Å². The third kappa shape index (κ3) is 4.56. The quantitative estimate of drug-likeness (QED) is 0.400. The fraction of sp³-hybridized carbons (Fsp3) is 0.542. The summed E-state index contributed by atoms with van der Waals surface area (Å²) in [6.07, 6.45) is -2.77. The lowest BCUT2D eigenvalue weighted by molar-refractivity contribution is -0.212. The van der Waals surface area contributed by atoms with Gasteiger partial charge in [0, 0.05) is 25.3 Å². The second kappa shape index (κ2) is 10.6. The number of halogens is 4. The summed E-state index contributed by atoms with van der Waals surface area (Å²) >= 11 is 0. The van der Waals surface area contributed by atoms with E-state index in [2.05, 4.69) is 20.6 Å². The Bertz CT molecular complexity index is 1370. The Morgan fingerprint density at radius 3 is 2.56 bits per heavy atom. The number of aliphatic hydroxyl groups excluding tert-OH is 2. The summed E-state index contributed by atoms with van der Waals surface area (Å²) < 4.78 is 70.2.